The van der Waals surface area contributed by atoms with Crippen molar-refractivity contribution in [2.24, 2.45) is 0 Å². The van der Waals surface area contributed by atoms with Gasteiger partial charge >= 0.3 is 0 Å². The minimum atomic E-state index is 0.618. The van der Waals surface area contributed by atoms with Crippen LogP contribution in [0.5, 0.6) is 5.88 Å². The number of aromatic nitrogens is 2. The van der Waals surface area contributed by atoms with Gasteiger partial charge in [-0.3, -0.25) is 4.98 Å². The Bertz CT molecular complexity index is 459. The summed E-state index contributed by atoms with van der Waals surface area (Å²) in [5.41, 5.74) is 1.07. The van der Waals surface area contributed by atoms with Gasteiger partial charge in [-0.1, -0.05) is 12.1 Å². The molecule has 4 heteroatoms. The normalized spacial score (nSPS) is 9.94. The van der Waals surface area contributed by atoms with E-state index in [2.05, 4.69) is 15.3 Å². The Labute approximate surface area is 101 Å². The lowest BCUT2D eigenvalue weighted by Crippen LogP contribution is -2.07. The SMILES string of the molecule is COc1cccc(NCCc2ccccn2)n1. The fourth-order valence-electron chi connectivity index (χ4n) is 1.49. The number of nitrogens with one attached hydrogen (secondary N) is 1. The highest BCUT2D eigenvalue weighted by molar-refractivity contribution is 5.37. The molecule has 2 heterocycles. The van der Waals surface area contributed by atoms with Gasteiger partial charge in [0, 0.05) is 30.9 Å². The van der Waals surface area contributed by atoms with Gasteiger partial charge in [0.1, 0.15) is 5.82 Å². The molecule has 0 saturated heterocycles. The number of methoxy groups -OCH3 is 1. The molecule has 2 aromatic heterocycles. The number of pyridine rings is 2. The topological polar surface area (TPSA) is 47.0 Å². The molecule has 0 aliphatic carbocycles. The van der Waals surface area contributed by atoms with E-state index in [1.807, 2.05) is 36.4 Å². The first-order valence-electron chi connectivity index (χ1n) is 5.53. The molecule has 0 aliphatic rings. The first-order valence-corrected chi connectivity index (χ1v) is 5.53. The second kappa shape index (κ2) is 5.84. The molecule has 0 atom stereocenters. The van der Waals surface area contributed by atoms with Crippen LogP contribution in [-0.2, 0) is 6.42 Å². The number of rotatable bonds is 5. The first kappa shape index (κ1) is 11.4. The average molecular weight is 229 g/mol. The van der Waals surface area contributed by atoms with E-state index < -0.39 is 0 Å². The minimum Gasteiger partial charge on any atom is -0.481 e. The Morgan fingerprint density at radius 3 is 2.88 bits per heavy atom. The molecule has 0 aliphatic heterocycles. The molecule has 0 unspecified atom stereocenters. The minimum absolute atomic E-state index is 0.618. The van der Waals surface area contributed by atoms with E-state index in [1.54, 1.807) is 13.3 Å². The summed E-state index contributed by atoms with van der Waals surface area (Å²) in [6, 6.07) is 11.6. The maximum Gasteiger partial charge on any atom is 0.214 e. The third-order valence-electron chi connectivity index (χ3n) is 2.35. The molecule has 0 fully saturated rings. The van der Waals surface area contributed by atoms with E-state index in [9.17, 15) is 0 Å². The molecule has 0 bridgehead atoms. The van der Waals surface area contributed by atoms with Crippen LogP contribution in [0.4, 0.5) is 5.82 Å². The molecule has 2 rings (SSSR count). The van der Waals surface area contributed by atoms with E-state index in [1.165, 1.54) is 0 Å². The second-order valence-corrected chi connectivity index (χ2v) is 3.56. The van der Waals surface area contributed by atoms with Crippen molar-refractivity contribution in [2.75, 3.05) is 19.0 Å². The lowest BCUT2D eigenvalue weighted by molar-refractivity contribution is 0.398. The van der Waals surface area contributed by atoms with Crippen LogP contribution < -0.4 is 10.1 Å². The first-order chi connectivity index (χ1) is 8.38. The third kappa shape index (κ3) is 3.45. The average Bonchev–Trinajstić information content (AvgIpc) is 2.40. The molecule has 0 aromatic carbocycles. The number of hydrogen-bond acceptors (Lipinski definition) is 4. The van der Waals surface area contributed by atoms with E-state index in [0.29, 0.717) is 5.88 Å². The van der Waals surface area contributed by atoms with E-state index >= 15 is 0 Å². The third-order valence-corrected chi connectivity index (χ3v) is 2.35. The van der Waals surface area contributed by atoms with Crippen LogP contribution in [0.3, 0.4) is 0 Å². The van der Waals surface area contributed by atoms with Gasteiger partial charge < -0.3 is 10.1 Å². The Morgan fingerprint density at radius 2 is 2.12 bits per heavy atom. The smallest absolute Gasteiger partial charge is 0.214 e. The summed E-state index contributed by atoms with van der Waals surface area (Å²) < 4.78 is 5.06. The van der Waals surface area contributed by atoms with E-state index in [-0.39, 0.29) is 0 Å². The summed E-state index contributed by atoms with van der Waals surface area (Å²) in [7, 11) is 1.61. The van der Waals surface area contributed by atoms with E-state index in [4.69, 9.17) is 4.74 Å². The molecule has 4 nitrogen and oxygen atoms in total. The van der Waals surface area contributed by atoms with Gasteiger partial charge in [0.25, 0.3) is 0 Å². The van der Waals surface area contributed by atoms with Crippen LogP contribution >= 0.6 is 0 Å². The molecule has 0 radical (unpaired) electrons. The van der Waals surface area contributed by atoms with Crippen molar-refractivity contribution in [3.05, 3.63) is 48.3 Å². The fraction of sp³-hybridized carbons (Fsp3) is 0.231. The molecule has 88 valence electrons. The second-order valence-electron chi connectivity index (χ2n) is 3.56. The predicted molar refractivity (Wildman–Crippen MR) is 67.2 cm³/mol. The van der Waals surface area contributed by atoms with Gasteiger partial charge in [-0.2, -0.15) is 4.98 Å². The molecule has 0 saturated carbocycles. The van der Waals surface area contributed by atoms with Crippen molar-refractivity contribution in [1.29, 1.82) is 0 Å². The summed E-state index contributed by atoms with van der Waals surface area (Å²) in [6.07, 6.45) is 2.68. The van der Waals surface area contributed by atoms with Crippen molar-refractivity contribution in [3.8, 4) is 5.88 Å². The number of anilines is 1. The van der Waals surface area contributed by atoms with Crippen LogP contribution in [0.2, 0.25) is 0 Å². The van der Waals surface area contributed by atoms with Crippen molar-refractivity contribution < 1.29 is 4.74 Å². The Kier molecular flexibility index (Phi) is 3.91. The number of ether oxygens (including phenoxy) is 1. The summed E-state index contributed by atoms with van der Waals surface area (Å²) in [5.74, 6) is 1.44. The molecule has 1 N–H and O–H groups in total. The largest absolute Gasteiger partial charge is 0.481 e. The Balaban J connectivity index is 1.86. The zero-order valence-corrected chi connectivity index (χ0v) is 9.76. The van der Waals surface area contributed by atoms with Crippen molar-refractivity contribution in [3.63, 3.8) is 0 Å². The monoisotopic (exact) mass is 229 g/mol. The lowest BCUT2D eigenvalue weighted by atomic mass is 10.3. The van der Waals surface area contributed by atoms with Crippen LogP contribution in [0.15, 0.2) is 42.6 Å². The van der Waals surface area contributed by atoms with Crippen LogP contribution in [-0.4, -0.2) is 23.6 Å². The highest BCUT2D eigenvalue weighted by Crippen LogP contribution is 2.10. The Hall–Kier alpha value is -2.10. The molecule has 0 spiro atoms. The maximum absolute atomic E-state index is 5.06. The summed E-state index contributed by atoms with van der Waals surface area (Å²) in [6.45, 7) is 0.803. The predicted octanol–water partition coefficient (Wildman–Crippen LogP) is 2.14. The molecule has 0 amide bonds. The zero-order chi connectivity index (χ0) is 11.9. The molecular formula is C13H15N3O. The van der Waals surface area contributed by atoms with Gasteiger partial charge in [0.05, 0.1) is 7.11 Å². The standard InChI is InChI=1S/C13H15N3O/c1-17-13-7-4-6-12(16-13)15-10-8-11-5-2-3-9-14-11/h2-7,9H,8,10H2,1H3,(H,15,16). The number of hydrogen-bond donors (Lipinski definition) is 1. The quantitative estimate of drug-likeness (QED) is 0.853. The molecular weight excluding hydrogens is 214 g/mol. The number of nitrogens with zero attached hydrogens (tertiary/aromatic N) is 2. The summed E-state index contributed by atoms with van der Waals surface area (Å²) >= 11 is 0. The van der Waals surface area contributed by atoms with Crippen molar-refractivity contribution in [1.82, 2.24) is 9.97 Å². The summed E-state index contributed by atoms with van der Waals surface area (Å²) in [5, 5.41) is 3.24. The molecule has 2 aromatic rings. The van der Waals surface area contributed by atoms with Gasteiger partial charge in [-0.25, -0.2) is 0 Å². The van der Waals surface area contributed by atoms with E-state index in [0.717, 1.165) is 24.5 Å². The maximum atomic E-state index is 5.06. The van der Waals surface area contributed by atoms with Crippen molar-refractivity contribution >= 4 is 5.82 Å². The van der Waals surface area contributed by atoms with Crippen LogP contribution in [0, 0.1) is 0 Å². The summed E-state index contributed by atoms with van der Waals surface area (Å²) in [4.78, 5) is 8.53. The zero-order valence-electron chi connectivity index (χ0n) is 9.76. The molecule has 17 heavy (non-hydrogen) atoms. The van der Waals surface area contributed by atoms with Gasteiger partial charge in [0.2, 0.25) is 5.88 Å². The van der Waals surface area contributed by atoms with Crippen LogP contribution in [0.25, 0.3) is 0 Å². The van der Waals surface area contributed by atoms with Gasteiger partial charge in [0.15, 0.2) is 0 Å². The lowest BCUT2D eigenvalue weighted by Gasteiger charge is -2.06. The van der Waals surface area contributed by atoms with Crippen LogP contribution in [0.1, 0.15) is 5.69 Å². The fourth-order valence-corrected chi connectivity index (χ4v) is 1.49. The highest BCUT2D eigenvalue weighted by atomic mass is 16.5. The van der Waals surface area contributed by atoms with Crippen molar-refractivity contribution in [2.45, 2.75) is 6.42 Å². The Morgan fingerprint density at radius 1 is 1.18 bits per heavy atom. The highest BCUT2D eigenvalue weighted by Gasteiger charge is 1.97. The van der Waals surface area contributed by atoms with Gasteiger partial charge in [-0.15, -0.1) is 0 Å². The van der Waals surface area contributed by atoms with Gasteiger partial charge in [-0.05, 0) is 18.2 Å².